The maximum Gasteiger partial charge on any atom is 0.302 e. The molecule has 0 aromatic rings. The maximum absolute atomic E-state index is 12.9. The monoisotopic (exact) mass is 376 g/mol. The van der Waals surface area contributed by atoms with Crippen LogP contribution in [0, 0.1) is 34.5 Å². The first-order chi connectivity index (χ1) is 12.6. The predicted octanol–water partition coefficient (Wildman–Crippen LogP) is 4.74. The van der Waals surface area contributed by atoms with Crippen molar-refractivity contribution >= 4 is 17.5 Å². The molecular formula is C23H36O4. The summed E-state index contributed by atoms with van der Waals surface area (Å²) in [6.07, 6.45) is 7.27. The molecule has 3 saturated carbocycles. The highest BCUT2D eigenvalue weighted by Crippen LogP contribution is 2.65. The number of esters is 1. The molecule has 7 atom stereocenters. The van der Waals surface area contributed by atoms with E-state index in [2.05, 4.69) is 13.8 Å². The molecule has 1 unspecified atom stereocenters. The third kappa shape index (κ3) is 3.49. The second-order valence-electron chi connectivity index (χ2n) is 10.0. The largest absolute Gasteiger partial charge is 0.463 e. The zero-order valence-electron chi connectivity index (χ0n) is 17.7. The van der Waals surface area contributed by atoms with Crippen LogP contribution in [0.2, 0.25) is 0 Å². The standard InChI is InChI=1S/C23H36O4/c1-14(24)10-12-23(5)20-11-13-22(4)18(15(2)27-16(3)25)7-8-19(22)17(20)6-9-21(23)26/h15,17-20H,6-13H2,1-5H3/t15?,17-,18+,19-,20+,22+,23-/m0/s1. The van der Waals surface area contributed by atoms with Crippen LogP contribution < -0.4 is 0 Å². The zero-order chi connectivity index (χ0) is 20.0. The van der Waals surface area contributed by atoms with E-state index in [9.17, 15) is 14.4 Å². The highest BCUT2D eigenvalue weighted by molar-refractivity contribution is 5.86. The van der Waals surface area contributed by atoms with Gasteiger partial charge in [0.05, 0.1) is 0 Å². The highest BCUT2D eigenvalue weighted by atomic mass is 16.5. The van der Waals surface area contributed by atoms with Crippen LogP contribution in [-0.2, 0) is 19.1 Å². The van der Waals surface area contributed by atoms with Gasteiger partial charge in [-0.15, -0.1) is 0 Å². The molecule has 3 aliphatic rings. The molecule has 0 bridgehead atoms. The molecule has 0 radical (unpaired) electrons. The van der Waals surface area contributed by atoms with Crippen molar-refractivity contribution < 1.29 is 19.1 Å². The van der Waals surface area contributed by atoms with Gasteiger partial charge in [0, 0.05) is 31.1 Å². The summed E-state index contributed by atoms with van der Waals surface area (Å²) in [7, 11) is 0. The first-order valence-electron chi connectivity index (χ1n) is 10.8. The smallest absolute Gasteiger partial charge is 0.302 e. The van der Waals surface area contributed by atoms with E-state index in [-0.39, 0.29) is 28.7 Å². The maximum atomic E-state index is 12.9. The molecule has 0 aromatic carbocycles. The van der Waals surface area contributed by atoms with Gasteiger partial charge in [-0.2, -0.15) is 0 Å². The van der Waals surface area contributed by atoms with E-state index in [1.54, 1.807) is 6.92 Å². The number of hydrogen-bond donors (Lipinski definition) is 0. The van der Waals surface area contributed by atoms with Crippen molar-refractivity contribution in [2.45, 2.75) is 92.1 Å². The van der Waals surface area contributed by atoms with Crippen LogP contribution in [0.3, 0.4) is 0 Å². The van der Waals surface area contributed by atoms with E-state index >= 15 is 0 Å². The van der Waals surface area contributed by atoms with Gasteiger partial charge in [-0.05, 0) is 75.5 Å². The SMILES string of the molecule is CC(=O)CC[C@]1(C)C(=O)CC[C@@H]2[C@H]1CC[C@]1(C)[C@@H](C(C)OC(C)=O)CC[C@@H]21. The molecule has 0 aliphatic heterocycles. The molecule has 0 spiro atoms. The summed E-state index contributed by atoms with van der Waals surface area (Å²) < 4.78 is 5.58. The van der Waals surface area contributed by atoms with Gasteiger partial charge in [0.25, 0.3) is 0 Å². The fraction of sp³-hybridized carbons (Fsp3) is 0.870. The van der Waals surface area contributed by atoms with Crippen molar-refractivity contribution in [2.75, 3.05) is 0 Å². The van der Waals surface area contributed by atoms with Crippen LogP contribution in [0.1, 0.15) is 86.0 Å². The third-order valence-corrected chi connectivity index (χ3v) is 8.59. The van der Waals surface area contributed by atoms with E-state index in [4.69, 9.17) is 4.74 Å². The van der Waals surface area contributed by atoms with Crippen molar-refractivity contribution in [2.24, 2.45) is 34.5 Å². The number of Topliss-reactive ketones (excluding diaryl/α,β-unsaturated/α-hetero) is 2. The van der Waals surface area contributed by atoms with E-state index < -0.39 is 0 Å². The Labute approximate surface area is 163 Å². The second kappa shape index (κ2) is 7.33. The first kappa shape index (κ1) is 20.5. The Bertz CT molecular complexity index is 626. The number of hydrogen-bond acceptors (Lipinski definition) is 4. The van der Waals surface area contributed by atoms with Crippen LogP contribution in [0.4, 0.5) is 0 Å². The summed E-state index contributed by atoms with van der Waals surface area (Å²) >= 11 is 0. The summed E-state index contributed by atoms with van der Waals surface area (Å²) in [5, 5.41) is 0. The number of carbonyl (C=O) groups excluding carboxylic acids is 3. The van der Waals surface area contributed by atoms with Gasteiger partial charge >= 0.3 is 5.97 Å². The molecule has 4 nitrogen and oxygen atoms in total. The summed E-state index contributed by atoms with van der Waals surface area (Å²) in [5.41, 5.74) is -0.145. The van der Waals surface area contributed by atoms with E-state index in [1.807, 2.05) is 6.92 Å². The number of ketones is 2. The van der Waals surface area contributed by atoms with Crippen LogP contribution in [0.5, 0.6) is 0 Å². The minimum absolute atomic E-state index is 0.0385. The molecule has 0 N–H and O–H groups in total. The molecule has 0 aromatic heterocycles. The van der Waals surface area contributed by atoms with Crippen LogP contribution >= 0.6 is 0 Å². The van der Waals surface area contributed by atoms with Crippen LogP contribution in [0.15, 0.2) is 0 Å². The Morgan fingerprint density at radius 1 is 1.11 bits per heavy atom. The molecule has 0 amide bonds. The van der Waals surface area contributed by atoms with Crippen molar-refractivity contribution in [3.05, 3.63) is 0 Å². The van der Waals surface area contributed by atoms with Gasteiger partial charge in [-0.1, -0.05) is 13.8 Å². The average molecular weight is 377 g/mol. The second-order valence-corrected chi connectivity index (χ2v) is 10.0. The minimum atomic E-state index is -0.338. The number of rotatable bonds is 5. The normalized spacial score (nSPS) is 42.2. The van der Waals surface area contributed by atoms with Crippen molar-refractivity contribution in [1.82, 2.24) is 0 Å². The van der Waals surface area contributed by atoms with Gasteiger partial charge in [0.2, 0.25) is 0 Å². The zero-order valence-corrected chi connectivity index (χ0v) is 17.7. The summed E-state index contributed by atoms with van der Waals surface area (Å²) in [6, 6.07) is 0. The topological polar surface area (TPSA) is 60.4 Å². The fourth-order valence-electron chi connectivity index (χ4n) is 7.19. The average Bonchev–Trinajstić information content (AvgIpc) is 2.93. The van der Waals surface area contributed by atoms with Gasteiger partial charge in [-0.3, -0.25) is 9.59 Å². The first-order valence-corrected chi connectivity index (χ1v) is 10.8. The lowest BCUT2D eigenvalue weighted by molar-refractivity contribution is -0.156. The Morgan fingerprint density at radius 3 is 2.44 bits per heavy atom. The Kier molecular flexibility index (Phi) is 5.58. The molecule has 3 rings (SSSR count). The lowest BCUT2D eigenvalue weighted by Crippen LogP contribution is -2.53. The van der Waals surface area contributed by atoms with E-state index in [0.29, 0.717) is 48.7 Å². The van der Waals surface area contributed by atoms with Gasteiger partial charge in [0.1, 0.15) is 17.7 Å². The van der Waals surface area contributed by atoms with Crippen molar-refractivity contribution in [3.63, 3.8) is 0 Å². The fourth-order valence-corrected chi connectivity index (χ4v) is 7.19. The van der Waals surface area contributed by atoms with Crippen LogP contribution in [0.25, 0.3) is 0 Å². The summed E-state index contributed by atoms with van der Waals surface area (Å²) in [5.74, 6) is 2.34. The predicted molar refractivity (Wildman–Crippen MR) is 104 cm³/mol. The summed E-state index contributed by atoms with van der Waals surface area (Å²) in [4.78, 5) is 35.9. The lowest BCUT2D eigenvalue weighted by Gasteiger charge is -2.56. The van der Waals surface area contributed by atoms with E-state index in [1.165, 1.54) is 13.3 Å². The quantitative estimate of drug-likeness (QED) is 0.651. The molecular weight excluding hydrogens is 340 g/mol. The molecule has 0 saturated heterocycles. The highest BCUT2D eigenvalue weighted by Gasteiger charge is 2.60. The van der Waals surface area contributed by atoms with Gasteiger partial charge in [-0.25, -0.2) is 0 Å². The molecule has 3 aliphatic carbocycles. The van der Waals surface area contributed by atoms with Crippen molar-refractivity contribution in [3.8, 4) is 0 Å². The minimum Gasteiger partial charge on any atom is -0.463 e. The number of fused-ring (bicyclic) bond motifs is 3. The number of carbonyl (C=O) groups is 3. The number of ether oxygens (including phenoxy) is 1. The van der Waals surface area contributed by atoms with E-state index in [0.717, 1.165) is 25.7 Å². The van der Waals surface area contributed by atoms with Gasteiger partial charge in [0.15, 0.2) is 0 Å². The molecule has 0 heterocycles. The molecule has 152 valence electrons. The third-order valence-electron chi connectivity index (χ3n) is 8.59. The van der Waals surface area contributed by atoms with Crippen LogP contribution in [-0.4, -0.2) is 23.6 Å². The molecule has 27 heavy (non-hydrogen) atoms. The molecule has 3 fully saturated rings. The van der Waals surface area contributed by atoms with Crippen molar-refractivity contribution in [1.29, 1.82) is 0 Å². The molecule has 4 heteroatoms. The Hall–Kier alpha value is -1.19. The summed E-state index contributed by atoms with van der Waals surface area (Å²) in [6.45, 7) is 9.70. The lowest BCUT2D eigenvalue weighted by atomic mass is 9.48. The Balaban J connectivity index is 1.82. The van der Waals surface area contributed by atoms with Gasteiger partial charge < -0.3 is 9.53 Å². The Morgan fingerprint density at radius 2 is 1.81 bits per heavy atom.